The Labute approximate surface area is 151 Å². The molecule has 0 bridgehead atoms. The van der Waals surface area contributed by atoms with Gasteiger partial charge in [0.15, 0.2) is 5.65 Å². The van der Waals surface area contributed by atoms with Crippen molar-refractivity contribution < 1.29 is 4.79 Å². The molecule has 1 aliphatic rings. The van der Waals surface area contributed by atoms with Gasteiger partial charge in [-0.3, -0.25) is 4.79 Å². The van der Waals surface area contributed by atoms with E-state index in [4.69, 9.17) is 16.6 Å². The fourth-order valence-corrected chi connectivity index (χ4v) is 3.72. The summed E-state index contributed by atoms with van der Waals surface area (Å²) in [6, 6.07) is 7.81. The minimum Gasteiger partial charge on any atom is -0.347 e. The number of hydrogen-bond donors (Lipinski definition) is 0. The van der Waals surface area contributed by atoms with Gasteiger partial charge in [0.05, 0.1) is 11.2 Å². The van der Waals surface area contributed by atoms with Crippen LogP contribution >= 0.6 is 11.6 Å². The lowest BCUT2D eigenvalue weighted by Gasteiger charge is -2.28. The molecule has 2 aromatic heterocycles. The van der Waals surface area contributed by atoms with Crippen molar-refractivity contribution in [3.8, 4) is 0 Å². The molecule has 0 saturated carbocycles. The Balaban J connectivity index is 1.97. The molecule has 0 aliphatic carbocycles. The van der Waals surface area contributed by atoms with Crippen LogP contribution in [0.5, 0.6) is 0 Å². The van der Waals surface area contributed by atoms with Crippen LogP contribution in [0.2, 0.25) is 5.02 Å². The number of halogens is 1. The van der Waals surface area contributed by atoms with Gasteiger partial charge in [-0.05, 0) is 31.9 Å². The van der Waals surface area contributed by atoms with Crippen LogP contribution in [0.4, 0.5) is 5.82 Å². The van der Waals surface area contributed by atoms with E-state index in [-0.39, 0.29) is 11.9 Å². The fourth-order valence-electron chi connectivity index (χ4n) is 3.56. The number of likely N-dealkylation sites (N-methyl/N-ethyl adjacent to an activating group) is 1. The number of benzene rings is 1. The molecule has 4 rings (SSSR count). The first kappa shape index (κ1) is 16.1. The van der Waals surface area contributed by atoms with Crippen molar-refractivity contribution in [3.05, 3.63) is 35.0 Å². The normalized spacial score (nSPS) is 17.6. The van der Waals surface area contributed by atoms with Crippen molar-refractivity contribution in [1.29, 1.82) is 0 Å². The highest BCUT2D eigenvalue weighted by Gasteiger charge is 2.34. The van der Waals surface area contributed by atoms with Crippen LogP contribution in [0.3, 0.4) is 0 Å². The second-order valence-corrected chi connectivity index (χ2v) is 7.05. The van der Waals surface area contributed by atoms with Crippen molar-refractivity contribution in [3.63, 3.8) is 0 Å². The highest BCUT2D eigenvalue weighted by atomic mass is 35.5. The largest absolute Gasteiger partial charge is 0.347 e. The molecule has 0 N–H and O–H groups in total. The molecule has 0 spiro atoms. The van der Waals surface area contributed by atoms with Gasteiger partial charge in [0, 0.05) is 26.0 Å². The third kappa shape index (κ3) is 2.43. The number of anilines is 1. The van der Waals surface area contributed by atoms with Crippen molar-refractivity contribution >= 4 is 39.9 Å². The van der Waals surface area contributed by atoms with E-state index in [1.807, 2.05) is 31.2 Å². The third-order valence-corrected chi connectivity index (χ3v) is 5.24. The summed E-state index contributed by atoms with van der Waals surface area (Å²) in [6.45, 7) is 2.68. The lowest BCUT2D eigenvalue weighted by Crippen LogP contribution is -2.43. The molecule has 1 unspecified atom stereocenters. The smallest absolute Gasteiger partial charge is 0.244 e. The molecular weight excluding hydrogens is 338 g/mol. The lowest BCUT2D eigenvalue weighted by atomic mass is 10.1. The van der Waals surface area contributed by atoms with Crippen LogP contribution in [0.15, 0.2) is 24.3 Å². The molecule has 7 heteroatoms. The van der Waals surface area contributed by atoms with Crippen LogP contribution in [0, 0.1) is 6.92 Å². The summed E-state index contributed by atoms with van der Waals surface area (Å²) >= 11 is 6.43. The number of fused-ring (bicyclic) bond motifs is 3. The molecule has 1 aromatic carbocycles. The van der Waals surface area contributed by atoms with Crippen molar-refractivity contribution in [2.45, 2.75) is 25.8 Å². The first-order chi connectivity index (χ1) is 12.0. The van der Waals surface area contributed by atoms with Gasteiger partial charge in [0.2, 0.25) is 5.91 Å². The van der Waals surface area contributed by atoms with E-state index in [0.29, 0.717) is 10.7 Å². The number of hydrogen-bond acceptors (Lipinski definition) is 4. The van der Waals surface area contributed by atoms with E-state index in [1.165, 1.54) is 0 Å². The molecule has 1 amide bonds. The fraction of sp³-hybridized carbons (Fsp3) is 0.389. The number of carbonyl (C=O) groups excluding carboxylic acids is 1. The Morgan fingerprint density at radius 3 is 2.84 bits per heavy atom. The van der Waals surface area contributed by atoms with E-state index < -0.39 is 0 Å². The van der Waals surface area contributed by atoms with E-state index in [9.17, 15) is 4.79 Å². The summed E-state index contributed by atoms with van der Waals surface area (Å²) < 4.78 is 1.79. The zero-order valence-corrected chi connectivity index (χ0v) is 15.3. The Bertz CT molecular complexity index is 980. The molecular formula is C18H20ClN5O. The van der Waals surface area contributed by atoms with Gasteiger partial charge < -0.3 is 9.80 Å². The number of aryl methyl sites for hydroxylation is 1. The Morgan fingerprint density at radius 2 is 2.08 bits per heavy atom. The molecule has 1 fully saturated rings. The number of para-hydroxylation sites is 1. The highest BCUT2D eigenvalue weighted by molar-refractivity contribution is 6.34. The maximum atomic E-state index is 12.6. The van der Waals surface area contributed by atoms with Crippen molar-refractivity contribution in [2.75, 3.05) is 25.5 Å². The summed E-state index contributed by atoms with van der Waals surface area (Å²) in [6.07, 6.45) is 1.81. The molecule has 1 aliphatic heterocycles. The van der Waals surface area contributed by atoms with Crippen molar-refractivity contribution in [2.24, 2.45) is 0 Å². The SMILES string of the molecule is Cc1nn2c(nc(N3CCCC3C(=O)N(C)C)c3ccccc32)c1Cl. The molecule has 3 aromatic rings. The molecule has 130 valence electrons. The van der Waals surface area contributed by atoms with Gasteiger partial charge in [-0.25, -0.2) is 9.50 Å². The maximum Gasteiger partial charge on any atom is 0.244 e. The number of amides is 1. The van der Waals surface area contributed by atoms with Gasteiger partial charge in [-0.1, -0.05) is 23.7 Å². The predicted molar refractivity (Wildman–Crippen MR) is 99.3 cm³/mol. The molecule has 25 heavy (non-hydrogen) atoms. The standard InChI is InChI=1S/C18H20ClN5O/c1-11-15(19)17-20-16(12-7-4-5-8-13(12)24(17)21-11)23-10-6-9-14(23)18(25)22(2)3/h4-5,7-8,14H,6,9-10H2,1-3H3. The average Bonchev–Trinajstić information content (AvgIpc) is 3.19. The van der Waals surface area contributed by atoms with Gasteiger partial charge in [0.1, 0.15) is 16.9 Å². The Hall–Kier alpha value is -2.34. The predicted octanol–water partition coefficient (Wildman–Crippen LogP) is 2.90. The number of carbonyl (C=O) groups is 1. The molecule has 1 atom stereocenters. The first-order valence-corrected chi connectivity index (χ1v) is 8.78. The van der Waals surface area contributed by atoms with Gasteiger partial charge in [-0.2, -0.15) is 5.10 Å². The van der Waals surface area contributed by atoms with Crippen LogP contribution in [-0.4, -0.2) is 52.1 Å². The van der Waals surface area contributed by atoms with Crippen LogP contribution in [0.25, 0.3) is 16.6 Å². The molecule has 1 saturated heterocycles. The van der Waals surface area contributed by atoms with Gasteiger partial charge in [0.25, 0.3) is 0 Å². The summed E-state index contributed by atoms with van der Waals surface area (Å²) in [5, 5.41) is 6.06. The summed E-state index contributed by atoms with van der Waals surface area (Å²) in [7, 11) is 3.59. The lowest BCUT2D eigenvalue weighted by molar-refractivity contribution is -0.129. The second kappa shape index (κ2) is 5.88. The van der Waals surface area contributed by atoms with E-state index in [2.05, 4.69) is 10.00 Å². The zero-order chi connectivity index (χ0) is 17.7. The minimum atomic E-state index is -0.184. The summed E-state index contributed by atoms with van der Waals surface area (Å²) in [5.41, 5.74) is 2.33. The van der Waals surface area contributed by atoms with E-state index in [0.717, 1.165) is 41.8 Å². The quantitative estimate of drug-likeness (QED) is 0.707. The van der Waals surface area contributed by atoms with Crippen LogP contribution < -0.4 is 4.90 Å². The molecule has 0 radical (unpaired) electrons. The first-order valence-electron chi connectivity index (χ1n) is 8.40. The monoisotopic (exact) mass is 357 g/mol. The minimum absolute atomic E-state index is 0.110. The summed E-state index contributed by atoms with van der Waals surface area (Å²) in [5.74, 6) is 0.918. The third-order valence-electron chi connectivity index (χ3n) is 4.80. The van der Waals surface area contributed by atoms with Crippen LogP contribution in [-0.2, 0) is 4.79 Å². The highest BCUT2D eigenvalue weighted by Crippen LogP contribution is 2.34. The zero-order valence-electron chi connectivity index (χ0n) is 14.5. The van der Waals surface area contributed by atoms with Gasteiger partial charge in [-0.15, -0.1) is 0 Å². The number of nitrogens with zero attached hydrogens (tertiary/aromatic N) is 5. The Morgan fingerprint density at radius 1 is 1.32 bits per heavy atom. The molecule has 3 heterocycles. The average molecular weight is 358 g/mol. The number of rotatable bonds is 2. The van der Waals surface area contributed by atoms with Crippen molar-refractivity contribution in [1.82, 2.24) is 19.5 Å². The maximum absolute atomic E-state index is 12.6. The van der Waals surface area contributed by atoms with Crippen LogP contribution in [0.1, 0.15) is 18.5 Å². The van der Waals surface area contributed by atoms with E-state index in [1.54, 1.807) is 23.5 Å². The Kier molecular flexibility index (Phi) is 3.80. The summed E-state index contributed by atoms with van der Waals surface area (Å²) in [4.78, 5) is 21.2. The number of aromatic nitrogens is 3. The van der Waals surface area contributed by atoms with E-state index >= 15 is 0 Å². The topological polar surface area (TPSA) is 53.7 Å². The van der Waals surface area contributed by atoms with Gasteiger partial charge >= 0.3 is 0 Å². The second-order valence-electron chi connectivity index (χ2n) is 6.67. The molecule has 6 nitrogen and oxygen atoms in total.